The summed E-state index contributed by atoms with van der Waals surface area (Å²) in [4.78, 5) is 26.5. The van der Waals surface area contributed by atoms with Crippen LogP contribution in [0.5, 0.6) is 0 Å². The van der Waals surface area contributed by atoms with Gasteiger partial charge < -0.3 is 14.6 Å². The lowest BCUT2D eigenvalue weighted by Gasteiger charge is -2.17. The summed E-state index contributed by atoms with van der Waals surface area (Å²) in [6.45, 7) is 1.21. The third-order valence-corrected chi connectivity index (χ3v) is 4.71. The average molecular weight is 348 g/mol. The van der Waals surface area contributed by atoms with Crippen LogP contribution < -0.4 is 5.32 Å². The predicted octanol–water partition coefficient (Wildman–Crippen LogP) is 3.01. The van der Waals surface area contributed by atoms with Gasteiger partial charge in [-0.25, -0.2) is 0 Å². The van der Waals surface area contributed by atoms with Gasteiger partial charge in [0.25, 0.3) is 5.91 Å². The van der Waals surface area contributed by atoms with Crippen molar-refractivity contribution in [3.63, 3.8) is 0 Å². The van der Waals surface area contributed by atoms with Crippen LogP contribution in [0.3, 0.4) is 0 Å². The standard InChI is InChI=1S/C21H20N2O3/c24-20-13-17(14-23(20)11-10-15-6-2-1-3-7-15)22-21(25)19-12-16-8-4-5-9-18(16)26-19/h1-9,12,17H,10-11,13-14H2,(H,22,25)/t17-/m1/s1. The van der Waals surface area contributed by atoms with Crippen molar-refractivity contribution in [2.24, 2.45) is 0 Å². The van der Waals surface area contributed by atoms with Gasteiger partial charge in [-0.1, -0.05) is 48.5 Å². The largest absolute Gasteiger partial charge is 0.451 e. The van der Waals surface area contributed by atoms with Crippen LogP contribution in [-0.2, 0) is 11.2 Å². The van der Waals surface area contributed by atoms with Gasteiger partial charge in [-0.2, -0.15) is 0 Å². The van der Waals surface area contributed by atoms with E-state index in [4.69, 9.17) is 4.42 Å². The van der Waals surface area contributed by atoms with E-state index in [9.17, 15) is 9.59 Å². The summed E-state index contributed by atoms with van der Waals surface area (Å²) in [5.41, 5.74) is 1.89. The molecule has 3 aromatic rings. The van der Waals surface area contributed by atoms with Crippen molar-refractivity contribution in [2.75, 3.05) is 13.1 Å². The second kappa shape index (κ2) is 7.04. The molecule has 2 amide bonds. The first kappa shape index (κ1) is 16.4. The first-order valence-electron chi connectivity index (χ1n) is 8.80. The zero-order chi connectivity index (χ0) is 17.9. The second-order valence-electron chi connectivity index (χ2n) is 6.60. The molecule has 0 aliphatic carbocycles. The number of furan rings is 1. The first-order chi connectivity index (χ1) is 12.7. The molecule has 26 heavy (non-hydrogen) atoms. The van der Waals surface area contributed by atoms with E-state index < -0.39 is 0 Å². The minimum atomic E-state index is -0.274. The first-order valence-corrected chi connectivity index (χ1v) is 8.80. The number of rotatable bonds is 5. The fourth-order valence-electron chi connectivity index (χ4n) is 3.34. The maximum absolute atomic E-state index is 12.4. The van der Waals surface area contributed by atoms with Crippen molar-refractivity contribution in [1.82, 2.24) is 10.2 Å². The number of carbonyl (C=O) groups is 2. The topological polar surface area (TPSA) is 62.6 Å². The normalized spacial score (nSPS) is 17.0. The number of nitrogens with one attached hydrogen (secondary N) is 1. The number of likely N-dealkylation sites (tertiary alicyclic amines) is 1. The van der Waals surface area contributed by atoms with Crippen molar-refractivity contribution in [3.05, 3.63) is 72.0 Å². The van der Waals surface area contributed by atoms with Gasteiger partial charge in [-0.3, -0.25) is 9.59 Å². The number of fused-ring (bicyclic) bond motifs is 1. The lowest BCUT2D eigenvalue weighted by atomic mass is 10.1. The van der Waals surface area contributed by atoms with Crippen molar-refractivity contribution in [3.8, 4) is 0 Å². The number of hydrogen-bond acceptors (Lipinski definition) is 3. The summed E-state index contributed by atoms with van der Waals surface area (Å²) in [7, 11) is 0. The highest BCUT2D eigenvalue weighted by atomic mass is 16.3. The predicted molar refractivity (Wildman–Crippen MR) is 98.8 cm³/mol. The van der Waals surface area contributed by atoms with Gasteiger partial charge >= 0.3 is 0 Å². The Balaban J connectivity index is 1.35. The highest BCUT2D eigenvalue weighted by Crippen LogP contribution is 2.19. The monoisotopic (exact) mass is 348 g/mol. The summed E-state index contributed by atoms with van der Waals surface area (Å²) in [6.07, 6.45) is 1.15. The Morgan fingerprint density at radius 3 is 2.69 bits per heavy atom. The van der Waals surface area contributed by atoms with E-state index in [0.29, 0.717) is 25.1 Å². The molecular weight excluding hydrogens is 328 g/mol. The van der Waals surface area contributed by atoms with E-state index in [-0.39, 0.29) is 23.6 Å². The van der Waals surface area contributed by atoms with Gasteiger partial charge in [-0.05, 0) is 24.1 Å². The fourth-order valence-corrected chi connectivity index (χ4v) is 3.34. The summed E-state index contributed by atoms with van der Waals surface area (Å²) >= 11 is 0. The number of para-hydroxylation sites is 1. The van der Waals surface area contributed by atoms with Crippen LogP contribution >= 0.6 is 0 Å². The van der Waals surface area contributed by atoms with E-state index in [1.54, 1.807) is 6.07 Å². The zero-order valence-corrected chi connectivity index (χ0v) is 14.4. The van der Waals surface area contributed by atoms with Crippen LogP contribution in [0, 0.1) is 0 Å². The molecule has 2 aromatic carbocycles. The molecule has 1 N–H and O–H groups in total. The molecule has 5 nitrogen and oxygen atoms in total. The molecule has 0 spiro atoms. The van der Waals surface area contributed by atoms with Crippen molar-refractivity contribution < 1.29 is 14.0 Å². The van der Waals surface area contributed by atoms with Crippen molar-refractivity contribution >= 4 is 22.8 Å². The van der Waals surface area contributed by atoms with Crippen LogP contribution in [0.25, 0.3) is 11.0 Å². The summed E-state index contributed by atoms with van der Waals surface area (Å²) < 4.78 is 5.59. The quantitative estimate of drug-likeness (QED) is 0.771. The van der Waals surface area contributed by atoms with E-state index in [0.717, 1.165) is 11.8 Å². The molecule has 1 aliphatic rings. The van der Waals surface area contributed by atoms with Gasteiger partial charge in [0, 0.05) is 24.9 Å². The summed E-state index contributed by atoms with van der Waals surface area (Å²) in [6, 6.07) is 19.1. The van der Waals surface area contributed by atoms with Gasteiger partial charge in [0.15, 0.2) is 5.76 Å². The number of carbonyl (C=O) groups excluding carboxylic acids is 2. The second-order valence-corrected chi connectivity index (χ2v) is 6.60. The Labute approximate surface area is 151 Å². The Hall–Kier alpha value is -3.08. The van der Waals surface area contributed by atoms with Gasteiger partial charge in [0.1, 0.15) is 5.58 Å². The SMILES string of the molecule is O=C(N[C@@H]1CC(=O)N(CCc2ccccc2)C1)c1cc2ccccc2o1. The smallest absolute Gasteiger partial charge is 0.287 e. The molecule has 1 atom stereocenters. The van der Waals surface area contributed by atoms with Crippen LogP contribution in [0.15, 0.2) is 65.1 Å². The summed E-state index contributed by atoms with van der Waals surface area (Å²) in [5.74, 6) is 0.0844. The molecule has 0 unspecified atom stereocenters. The molecule has 0 saturated carbocycles. The van der Waals surface area contributed by atoms with E-state index in [2.05, 4.69) is 17.4 Å². The van der Waals surface area contributed by atoms with Gasteiger partial charge in [0.2, 0.25) is 5.91 Å². The van der Waals surface area contributed by atoms with Crippen molar-refractivity contribution in [2.45, 2.75) is 18.9 Å². The van der Waals surface area contributed by atoms with E-state index >= 15 is 0 Å². The average Bonchev–Trinajstić information content (AvgIpc) is 3.24. The number of hydrogen-bond donors (Lipinski definition) is 1. The molecule has 1 saturated heterocycles. The molecule has 1 fully saturated rings. The van der Waals surface area contributed by atoms with Crippen LogP contribution in [0.1, 0.15) is 22.5 Å². The third-order valence-electron chi connectivity index (χ3n) is 4.71. The summed E-state index contributed by atoms with van der Waals surface area (Å²) in [5, 5.41) is 3.81. The number of amides is 2. The molecule has 1 aliphatic heterocycles. The Bertz CT molecular complexity index is 900. The lowest BCUT2D eigenvalue weighted by molar-refractivity contribution is -0.127. The molecule has 0 radical (unpaired) electrons. The maximum Gasteiger partial charge on any atom is 0.287 e. The highest BCUT2D eigenvalue weighted by molar-refractivity contribution is 5.96. The van der Waals surface area contributed by atoms with Gasteiger partial charge in [-0.15, -0.1) is 0 Å². The molecule has 4 rings (SSSR count). The van der Waals surface area contributed by atoms with Crippen LogP contribution in [0.4, 0.5) is 0 Å². The van der Waals surface area contributed by atoms with Crippen LogP contribution in [-0.4, -0.2) is 35.8 Å². The zero-order valence-electron chi connectivity index (χ0n) is 14.4. The fraction of sp³-hybridized carbons (Fsp3) is 0.238. The molecule has 0 bridgehead atoms. The molecule has 1 aromatic heterocycles. The molecule has 132 valence electrons. The third kappa shape index (κ3) is 3.47. The molecule has 2 heterocycles. The lowest BCUT2D eigenvalue weighted by Crippen LogP contribution is -2.37. The van der Waals surface area contributed by atoms with Crippen LogP contribution in [0.2, 0.25) is 0 Å². The van der Waals surface area contributed by atoms with Crippen molar-refractivity contribution in [1.29, 1.82) is 0 Å². The minimum absolute atomic E-state index is 0.0795. The van der Waals surface area contributed by atoms with E-state index in [1.807, 2.05) is 47.4 Å². The molecular formula is C21H20N2O3. The Morgan fingerprint density at radius 1 is 1.12 bits per heavy atom. The Kier molecular flexibility index (Phi) is 4.44. The maximum atomic E-state index is 12.4. The number of nitrogens with zero attached hydrogens (tertiary/aromatic N) is 1. The minimum Gasteiger partial charge on any atom is -0.451 e. The van der Waals surface area contributed by atoms with E-state index in [1.165, 1.54) is 5.56 Å². The Morgan fingerprint density at radius 2 is 1.88 bits per heavy atom. The molecule has 5 heteroatoms. The van der Waals surface area contributed by atoms with Gasteiger partial charge in [0.05, 0.1) is 6.04 Å². The number of benzene rings is 2. The highest BCUT2D eigenvalue weighted by Gasteiger charge is 2.31.